The molecular formula is C13H11FO. The molecule has 0 spiro atoms. The van der Waals surface area contributed by atoms with Crippen molar-refractivity contribution >= 4 is 16.8 Å². The molecule has 2 aromatic carbocycles. The zero-order chi connectivity index (χ0) is 10.7. The largest absolute Gasteiger partial charge is 0.392 e. The van der Waals surface area contributed by atoms with Crippen molar-refractivity contribution in [3.8, 4) is 0 Å². The third-order valence-electron chi connectivity index (χ3n) is 2.31. The van der Waals surface area contributed by atoms with Crippen LogP contribution in [0, 0.1) is 5.82 Å². The Morgan fingerprint density at radius 3 is 2.53 bits per heavy atom. The molecule has 0 aliphatic heterocycles. The van der Waals surface area contributed by atoms with E-state index in [1.165, 1.54) is 6.07 Å². The molecule has 0 bridgehead atoms. The highest BCUT2D eigenvalue weighted by atomic mass is 19.1. The van der Waals surface area contributed by atoms with Crippen molar-refractivity contribution in [3.63, 3.8) is 0 Å². The van der Waals surface area contributed by atoms with E-state index in [2.05, 4.69) is 0 Å². The minimum Gasteiger partial charge on any atom is -0.392 e. The van der Waals surface area contributed by atoms with E-state index in [9.17, 15) is 4.39 Å². The summed E-state index contributed by atoms with van der Waals surface area (Å²) in [6, 6.07) is 10.5. The number of aliphatic hydroxyl groups is 1. The van der Waals surface area contributed by atoms with Crippen LogP contribution in [0.3, 0.4) is 0 Å². The zero-order valence-electron chi connectivity index (χ0n) is 8.15. The molecule has 1 nitrogen and oxygen atoms in total. The fraction of sp³-hybridized carbons (Fsp3) is 0.0769. The van der Waals surface area contributed by atoms with Crippen LogP contribution in [-0.4, -0.2) is 11.7 Å². The minimum absolute atomic E-state index is 0.00823. The minimum atomic E-state index is -0.216. The Kier molecular flexibility index (Phi) is 2.79. The molecule has 2 rings (SSSR count). The molecule has 15 heavy (non-hydrogen) atoms. The van der Waals surface area contributed by atoms with Crippen LogP contribution in [0.4, 0.5) is 4.39 Å². The maximum Gasteiger partial charge on any atom is 0.131 e. The lowest BCUT2D eigenvalue weighted by Gasteiger charge is -2.02. The predicted octanol–water partition coefficient (Wildman–Crippen LogP) is 2.98. The van der Waals surface area contributed by atoms with Crippen molar-refractivity contribution in [3.05, 3.63) is 53.9 Å². The number of fused-ring (bicyclic) bond motifs is 1. The fourth-order valence-corrected chi connectivity index (χ4v) is 1.61. The maximum atomic E-state index is 13.4. The Hall–Kier alpha value is -1.67. The first-order valence-electron chi connectivity index (χ1n) is 4.77. The summed E-state index contributed by atoms with van der Waals surface area (Å²) in [6.45, 7) is -0.00823. The molecule has 76 valence electrons. The summed E-state index contributed by atoms with van der Waals surface area (Å²) >= 11 is 0. The Bertz CT molecular complexity index is 503. The number of hydrogen-bond acceptors (Lipinski definition) is 1. The Balaban J connectivity index is 2.66. The highest BCUT2D eigenvalue weighted by Crippen LogP contribution is 2.22. The van der Waals surface area contributed by atoms with Gasteiger partial charge in [-0.1, -0.05) is 42.5 Å². The molecule has 0 radical (unpaired) electrons. The molecule has 1 N–H and O–H groups in total. The molecule has 0 amide bonds. The van der Waals surface area contributed by atoms with Crippen molar-refractivity contribution in [2.75, 3.05) is 6.61 Å². The van der Waals surface area contributed by atoms with Gasteiger partial charge in [0.25, 0.3) is 0 Å². The van der Waals surface area contributed by atoms with Gasteiger partial charge in [0, 0.05) is 5.39 Å². The first-order valence-corrected chi connectivity index (χ1v) is 4.77. The van der Waals surface area contributed by atoms with Crippen LogP contribution < -0.4 is 0 Å². The van der Waals surface area contributed by atoms with Crippen LogP contribution in [0.5, 0.6) is 0 Å². The van der Waals surface area contributed by atoms with Gasteiger partial charge >= 0.3 is 0 Å². The SMILES string of the molecule is OCC=Cc1ccc(F)c2ccccc12. The molecule has 0 aromatic heterocycles. The number of hydrogen-bond donors (Lipinski definition) is 1. The van der Waals surface area contributed by atoms with Gasteiger partial charge in [-0.2, -0.15) is 0 Å². The van der Waals surface area contributed by atoms with Gasteiger partial charge in [0.15, 0.2) is 0 Å². The molecule has 0 unspecified atom stereocenters. The van der Waals surface area contributed by atoms with E-state index in [1.807, 2.05) is 18.2 Å². The highest BCUT2D eigenvalue weighted by Gasteiger charge is 2.02. The number of aliphatic hydroxyl groups excluding tert-OH is 1. The van der Waals surface area contributed by atoms with Gasteiger partial charge in [0.2, 0.25) is 0 Å². The van der Waals surface area contributed by atoms with Gasteiger partial charge in [-0.05, 0) is 17.0 Å². The van der Waals surface area contributed by atoms with Gasteiger partial charge in [-0.25, -0.2) is 4.39 Å². The molecule has 0 atom stereocenters. The summed E-state index contributed by atoms with van der Waals surface area (Å²) in [5, 5.41) is 10.2. The topological polar surface area (TPSA) is 20.2 Å². The monoisotopic (exact) mass is 202 g/mol. The quantitative estimate of drug-likeness (QED) is 0.793. The van der Waals surface area contributed by atoms with E-state index < -0.39 is 0 Å². The van der Waals surface area contributed by atoms with E-state index in [4.69, 9.17) is 5.11 Å². The molecule has 0 saturated heterocycles. The normalized spacial score (nSPS) is 11.3. The van der Waals surface area contributed by atoms with Crippen LogP contribution in [-0.2, 0) is 0 Å². The van der Waals surface area contributed by atoms with Crippen molar-refractivity contribution in [2.24, 2.45) is 0 Å². The predicted molar refractivity (Wildman–Crippen MR) is 60.0 cm³/mol. The molecule has 0 saturated carbocycles. The summed E-state index contributed by atoms with van der Waals surface area (Å²) in [4.78, 5) is 0. The van der Waals surface area contributed by atoms with Crippen LogP contribution in [0.1, 0.15) is 5.56 Å². The molecule has 2 heteroatoms. The summed E-state index contributed by atoms with van der Waals surface area (Å²) < 4.78 is 13.4. The third-order valence-corrected chi connectivity index (χ3v) is 2.31. The number of benzene rings is 2. The van der Waals surface area contributed by atoms with Crippen molar-refractivity contribution in [2.45, 2.75) is 0 Å². The first-order chi connectivity index (χ1) is 7.33. The second kappa shape index (κ2) is 4.24. The van der Waals surface area contributed by atoms with E-state index in [0.717, 1.165) is 10.9 Å². The number of rotatable bonds is 2. The van der Waals surface area contributed by atoms with E-state index >= 15 is 0 Å². The molecule has 0 fully saturated rings. The van der Waals surface area contributed by atoms with Crippen LogP contribution in [0.15, 0.2) is 42.5 Å². The third kappa shape index (κ3) is 1.90. The van der Waals surface area contributed by atoms with Gasteiger partial charge in [0.1, 0.15) is 5.82 Å². The van der Waals surface area contributed by atoms with Crippen molar-refractivity contribution < 1.29 is 9.50 Å². The van der Waals surface area contributed by atoms with Crippen molar-refractivity contribution in [1.82, 2.24) is 0 Å². The summed E-state index contributed by atoms with van der Waals surface area (Å²) in [5.41, 5.74) is 0.918. The summed E-state index contributed by atoms with van der Waals surface area (Å²) in [5.74, 6) is -0.216. The van der Waals surface area contributed by atoms with Crippen LogP contribution in [0.25, 0.3) is 16.8 Å². The average Bonchev–Trinajstić information content (AvgIpc) is 2.29. The molecule has 0 aliphatic carbocycles. The summed E-state index contributed by atoms with van der Waals surface area (Å²) in [7, 11) is 0. The molecule has 2 aromatic rings. The van der Waals surface area contributed by atoms with E-state index in [0.29, 0.717) is 5.39 Å². The smallest absolute Gasteiger partial charge is 0.131 e. The van der Waals surface area contributed by atoms with Gasteiger partial charge in [0.05, 0.1) is 6.61 Å². The second-order valence-corrected chi connectivity index (χ2v) is 3.27. The Morgan fingerprint density at radius 2 is 1.80 bits per heavy atom. The lowest BCUT2D eigenvalue weighted by atomic mass is 10.0. The molecule has 0 heterocycles. The first kappa shape index (κ1) is 9.87. The van der Waals surface area contributed by atoms with Crippen LogP contribution in [0.2, 0.25) is 0 Å². The Morgan fingerprint density at radius 1 is 1.07 bits per heavy atom. The van der Waals surface area contributed by atoms with Gasteiger partial charge in [-0.15, -0.1) is 0 Å². The summed E-state index contributed by atoms with van der Waals surface area (Å²) in [6.07, 6.45) is 3.43. The standard InChI is InChI=1S/C13H11FO/c14-13-8-7-10(4-3-9-15)11-5-1-2-6-12(11)13/h1-8,15H,9H2. The average molecular weight is 202 g/mol. The van der Waals surface area contributed by atoms with E-state index in [1.54, 1.807) is 24.3 Å². The van der Waals surface area contributed by atoms with E-state index in [-0.39, 0.29) is 12.4 Å². The van der Waals surface area contributed by atoms with Crippen LogP contribution >= 0.6 is 0 Å². The Labute approximate surface area is 87.5 Å². The number of halogens is 1. The van der Waals surface area contributed by atoms with Gasteiger partial charge in [-0.3, -0.25) is 0 Å². The fourth-order valence-electron chi connectivity index (χ4n) is 1.61. The maximum absolute atomic E-state index is 13.4. The molecule has 0 aliphatic rings. The lowest BCUT2D eigenvalue weighted by molar-refractivity contribution is 0.343. The lowest BCUT2D eigenvalue weighted by Crippen LogP contribution is -1.83. The zero-order valence-corrected chi connectivity index (χ0v) is 8.15. The van der Waals surface area contributed by atoms with Gasteiger partial charge < -0.3 is 5.11 Å². The van der Waals surface area contributed by atoms with Crippen molar-refractivity contribution in [1.29, 1.82) is 0 Å². The highest BCUT2D eigenvalue weighted by molar-refractivity contribution is 5.90. The molecular weight excluding hydrogens is 191 g/mol. The second-order valence-electron chi connectivity index (χ2n) is 3.27.